The number of aliphatic hydroxyl groups excluding tert-OH is 1. The van der Waals surface area contributed by atoms with Crippen molar-refractivity contribution in [2.75, 3.05) is 33.9 Å². The molecule has 336 valence electrons. The molecule has 5 fully saturated rings. The first-order chi connectivity index (χ1) is 28.9. The standard InChI is InChI=1S/C43H63N7O11/c1-11-32-43(8)36-24(4)33(51)22(2)17-42(7)37(60-40-34(52)31(49(9)10)15-23(3)58-40)25(5)35(26(6)39(53)59-32)55-20-29(21-56-42)30(18-50(36)41(54)61-43)46-57-19-27-13-12-14-28(16-27)38-44-47-48-45-38/h12-14,16,22-26,29,31-32,34-37,40,52H,11,15,17-21H2,1-10H3,(H,44,45,47,48)/b46-30-/t22-,23-,24+,25+,26-,29?,31+,32-,34-,35+,36+,37-,40+,42?,43?/m1/s1. The number of carbonyl (C=O) groups excluding carboxylic acids is 3. The van der Waals surface area contributed by atoms with Crippen LogP contribution < -0.4 is 0 Å². The normalized spacial score (nSPS) is 40.5. The summed E-state index contributed by atoms with van der Waals surface area (Å²) in [4.78, 5) is 53.1. The van der Waals surface area contributed by atoms with Crippen LogP contribution in [0.1, 0.15) is 80.2 Å². The minimum Gasteiger partial charge on any atom is -0.458 e. The quantitative estimate of drug-likeness (QED) is 0.286. The average Bonchev–Trinajstić information content (AvgIpc) is 3.86. The van der Waals surface area contributed by atoms with Crippen LogP contribution in [0.15, 0.2) is 29.4 Å². The van der Waals surface area contributed by atoms with Gasteiger partial charge in [0.05, 0.1) is 61.3 Å². The Balaban J connectivity index is 1.36. The second-order valence-electron chi connectivity index (χ2n) is 18.4. The SMILES string of the molecule is CC[C@H]1OC(=O)[C@H](C)[C@H]2OCC3COC(C)(C[C@@H](C)C(=O)[C@H](C)[C@@H]4N(C/C3=N/OCc3cccc(-c5nn[nH]n5)c3)C(=O)OC41C)[C@H](O[C@@H]1O[C@H](C)C[C@H](N(C)C)[C@H]1O)[C@H]2C. The molecule has 18 nitrogen and oxygen atoms in total. The number of esters is 1. The van der Waals surface area contributed by atoms with E-state index in [1.54, 1.807) is 20.8 Å². The van der Waals surface area contributed by atoms with E-state index in [4.69, 9.17) is 38.4 Å². The molecular weight excluding hydrogens is 791 g/mol. The summed E-state index contributed by atoms with van der Waals surface area (Å²) in [5, 5.41) is 30.8. The van der Waals surface area contributed by atoms with E-state index in [0.717, 1.165) is 11.1 Å². The molecule has 18 heteroatoms. The van der Waals surface area contributed by atoms with Crippen LogP contribution in [0.4, 0.5) is 4.79 Å². The van der Waals surface area contributed by atoms with E-state index < -0.39 is 89.6 Å². The molecular formula is C43H63N7O11. The number of cyclic esters (lactones) is 1. The van der Waals surface area contributed by atoms with E-state index in [1.165, 1.54) is 4.90 Å². The van der Waals surface area contributed by atoms with Gasteiger partial charge in [0.15, 0.2) is 11.9 Å². The summed E-state index contributed by atoms with van der Waals surface area (Å²) >= 11 is 0. The third kappa shape index (κ3) is 8.80. The zero-order valence-electron chi connectivity index (χ0n) is 37.0. The number of ether oxygens (including phenoxy) is 6. The van der Waals surface area contributed by atoms with Crippen LogP contribution in [0.25, 0.3) is 11.4 Å². The van der Waals surface area contributed by atoms with Gasteiger partial charge >= 0.3 is 12.1 Å². The summed E-state index contributed by atoms with van der Waals surface area (Å²) in [6.45, 7) is 14.9. The van der Waals surface area contributed by atoms with Crippen LogP contribution >= 0.6 is 0 Å². The zero-order valence-corrected chi connectivity index (χ0v) is 37.0. The maximum Gasteiger partial charge on any atom is 0.411 e. The Bertz CT molecular complexity index is 1920. The maximum atomic E-state index is 14.9. The first kappa shape index (κ1) is 45.0. The van der Waals surface area contributed by atoms with Gasteiger partial charge in [-0.2, -0.15) is 5.21 Å². The van der Waals surface area contributed by atoms with Gasteiger partial charge in [0.2, 0.25) is 5.82 Å². The van der Waals surface area contributed by atoms with E-state index in [-0.39, 0.29) is 50.7 Å². The van der Waals surface area contributed by atoms with E-state index >= 15 is 0 Å². The molecule has 2 aromatic rings. The predicted molar refractivity (Wildman–Crippen MR) is 219 cm³/mol. The fraction of sp³-hybridized carbons (Fsp3) is 0.744. The Morgan fingerprint density at radius 1 is 1.08 bits per heavy atom. The van der Waals surface area contributed by atoms with Gasteiger partial charge in [0.1, 0.15) is 24.6 Å². The first-order valence-electron chi connectivity index (χ1n) is 21.6. The van der Waals surface area contributed by atoms with E-state index in [1.807, 2.05) is 77.9 Å². The molecule has 0 saturated carbocycles. The molecule has 6 bridgehead atoms. The Labute approximate surface area is 357 Å². The molecule has 1 aromatic heterocycles. The highest BCUT2D eigenvalue weighted by atomic mass is 16.7. The van der Waals surface area contributed by atoms with Gasteiger partial charge in [-0.3, -0.25) is 14.5 Å². The molecule has 5 aliphatic heterocycles. The molecule has 6 heterocycles. The summed E-state index contributed by atoms with van der Waals surface area (Å²) in [6.07, 6.45) is -4.45. The molecule has 15 atom stereocenters. The number of hydrogen-bond acceptors (Lipinski definition) is 16. The molecule has 5 saturated heterocycles. The number of carbonyl (C=O) groups is 3. The lowest BCUT2D eigenvalue weighted by atomic mass is 9.73. The zero-order chi connectivity index (χ0) is 44.0. The fourth-order valence-electron chi connectivity index (χ4n) is 10.5. The van der Waals surface area contributed by atoms with Gasteiger partial charge in [0, 0.05) is 35.3 Å². The van der Waals surface area contributed by atoms with Crippen LogP contribution in [-0.2, 0) is 49.5 Å². The number of Topliss-reactive ketones (excluding diaryl/α,β-unsaturated/α-hetero) is 1. The number of ketones is 1. The van der Waals surface area contributed by atoms with Gasteiger partial charge in [-0.25, -0.2) is 4.79 Å². The Morgan fingerprint density at radius 2 is 1.85 bits per heavy atom. The van der Waals surface area contributed by atoms with Crippen molar-refractivity contribution in [3.63, 3.8) is 0 Å². The summed E-state index contributed by atoms with van der Waals surface area (Å²) in [7, 11) is 3.82. The smallest absolute Gasteiger partial charge is 0.411 e. The monoisotopic (exact) mass is 853 g/mol. The Morgan fingerprint density at radius 3 is 2.56 bits per heavy atom. The third-order valence-corrected chi connectivity index (χ3v) is 13.7. The second-order valence-corrected chi connectivity index (χ2v) is 18.4. The van der Waals surface area contributed by atoms with Gasteiger partial charge in [-0.1, -0.05) is 51.0 Å². The van der Waals surface area contributed by atoms with E-state index in [9.17, 15) is 19.5 Å². The lowest BCUT2D eigenvalue weighted by molar-refractivity contribution is -0.302. The highest BCUT2D eigenvalue weighted by Gasteiger charge is 2.61. The summed E-state index contributed by atoms with van der Waals surface area (Å²) in [6, 6.07) is 6.36. The topological polar surface area (TPSA) is 209 Å². The molecule has 7 rings (SSSR count). The lowest BCUT2D eigenvalue weighted by Crippen LogP contribution is -2.61. The molecule has 1 amide bonds. The van der Waals surface area contributed by atoms with Crippen LogP contribution in [0.5, 0.6) is 0 Å². The number of likely N-dealkylation sites (N-methyl/N-ethyl adjacent to an activating group) is 1. The largest absolute Gasteiger partial charge is 0.458 e. The van der Waals surface area contributed by atoms with Crippen molar-refractivity contribution in [3.8, 4) is 11.4 Å². The molecule has 5 aliphatic rings. The average molecular weight is 854 g/mol. The van der Waals surface area contributed by atoms with Crippen molar-refractivity contribution >= 4 is 23.6 Å². The Hall–Kier alpha value is -4.07. The van der Waals surface area contributed by atoms with Crippen molar-refractivity contribution in [3.05, 3.63) is 29.8 Å². The number of nitrogens with zero attached hydrogens (tertiary/aromatic N) is 6. The second kappa shape index (κ2) is 18.0. The number of hydrogen-bond donors (Lipinski definition) is 2. The van der Waals surface area contributed by atoms with Crippen molar-refractivity contribution < 1.29 is 52.7 Å². The van der Waals surface area contributed by atoms with Gasteiger partial charge < -0.3 is 43.3 Å². The number of aromatic nitrogens is 4. The molecule has 1 aromatic carbocycles. The van der Waals surface area contributed by atoms with Crippen LogP contribution in [0.2, 0.25) is 0 Å². The Kier molecular flexibility index (Phi) is 13.2. The fourth-order valence-corrected chi connectivity index (χ4v) is 10.5. The van der Waals surface area contributed by atoms with Crippen molar-refractivity contribution in [2.24, 2.45) is 34.7 Å². The number of oxime groups is 1. The predicted octanol–water partition coefficient (Wildman–Crippen LogP) is 3.77. The maximum absolute atomic E-state index is 14.9. The van der Waals surface area contributed by atoms with Crippen molar-refractivity contribution in [2.45, 2.75) is 141 Å². The molecule has 3 unspecified atom stereocenters. The highest BCUT2D eigenvalue weighted by Crippen LogP contribution is 2.45. The summed E-state index contributed by atoms with van der Waals surface area (Å²) in [5.74, 6) is -3.65. The molecule has 0 aliphatic carbocycles. The number of nitrogens with one attached hydrogen (secondary N) is 1. The van der Waals surface area contributed by atoms with Gasteiger partial charge in [-0.15, -0.1) is 10.2 Å². The first-order valence-corrected chi connectivity index (χ1v) is 21.6. The number of amides is 1. The molecule has 0 spiro atoms. The minimum absolute atomic E-state index is 0.0216. The molecule has 61 heavy (non-hydrogen) atoms. The molecule has 0 radical (unpaired) electrons. The highest BCUT2D eigenvalue weighted by molar-refractivity contribution is 5.92. The van der Waals surface area contributed by atoms with Crippen LogP contribution in [-0.4, -0.2) is 153 Å². The molecule has 2 N–H and O–H groups in total. The van der Waals surface area contributed by atoms with Crippen LogP contribution in [0, 0.1) is 29.6 Å². The van der Waals surface area contributed by atoms with Gasteiger partial charge in [-0.05, 0) is 77.9 Å². The summed E-state index contributed by atoms with van der Waals surface area (Å²) in [5.41, 5.74) is -0.681. The van der Waals surface area contributed by atoms with Crippen molar-refractivity contribution in [1.29, 1.82) is 0 Å². The lowest BCUT2D eigenvalue weighted by Gasteiger charge is -2.48. The number of aromatic amines is 1. The number of H-pyrrole nitrogens is 1. The number of tetrazole rings is 1. The third-order valence-electron chi connectivity index (χ3n) is 13.7. The van der Waals surface area contributed by atoms with Crippen molar-refractivity contribution in [1.82, 2.24) is 30.4 Å². The number of benzene rings is 1. The summed E-state index contributed by atoms with van der Waals surface area (Å²) < 4.78 is 39.8. The van der Waals surface area contributed by atoms with Crippen LogP contribution in [0.3, 0.4) is 0 Å². The number of aliphatic hydroxyl groups is 1. The minimum atomic E-state index is -1.41. The van der Waals surface area contributed by atoms with E-state index in [0.29, 0.717) is 24.4 Å². The number of rotatable bonds is 8. The number of fused-ring (bicyclic) bond motifs is 5. The van der Waals surface area contributed by atoms with E-state index in [2.05, 4.69) is 20.6 Å². The van der Waals surface area contributed by atoms with Gasteiger partial charge in [0.25, 0.3) is 0 Å².